The molecule has 0 radical (unpaired) electrons. The number of rotatable bonds is 30. The third-order valence-electron chi connectivity index (χ3n) is 8.62. The molecular formula is C37H66O12S. The van der Waals surface area contributed by atoms with Gasteiger partial charge in [0.1, 0.15) is 36.8 Å². The lowest BCUT2D eigenvalue weighted by Gasteiger charge is -2.40. The molecule has 4 N–H and O–H groups in total. The molecule has 1 heterocycles. The molecule has 1 aliphatic heterocycles. The SMILES string of the molecule is CCCCCCCC=C=CCCCCCCCC(=O)O[C@H](COC(=O)CCCCCCCCC)CO[C@H]1O[C@H](CS(=O)(=O)O)[C@@H](O)C(O)C1O. The van der Waals surface area contributed by atoms with Crippen molar-refractivity contribution in [3.05, 3.63) is 17.9 Å². The molecule has 1 fully saturated rings. The zero-order valence-corrected chi connectivity index (χ0v) is 31.4. The van der Waals surface area contributed by atoms with Crippen LogP contribution in [0.4, 0.5) is 0 Å². The zero-order valence-electron chi connectivity index (χ0n) is 30.6. The van der Waals surface area contributed by atoms with Gasteiger partial charge in [-0.1, -0.05) is 97.3 Å². The first kappa shape index (κ1) is 46.2. The monoisotopic (exact) mass is 734 g/mol. The zero-order chi connectivity index (χ0) is 37.0. The van der Waals surface area contributed by atoms with Crippen LogP contribution in [-0.4, -0.2) is 96.0 Å². The number of carbonyl (C=O) groups is 2. The van der Waals surface area contributed by atoms with E-state index in [2.05, 4.69) is 31.7 Å². The fraction of sp³-hybridized carbons (Fsp3) is 0.865. The first-order valence-electron chi connectivity index (χ1n) is 19.0. The smallest absolute Gasteiger partial charge is 0.306 e. The van der Waals surface area contributed by atoms with Crippen LogP contribution in [0.2, 0.25) is 0 Å². The van der Waals surface area contributed by atoms with E-state index in [-0.39, 0.29) is 19.4 Å². The highest BCUT2D eigenvalue weighted by Crippen LogP contribution is 2.24. The maximum absolute atomic E-state index is 12.7. The van der Waals surface area contributed by atoms with Crippen molar-refractivity contribution in [3.8, 4) is 0 Å². The molecule has 292 valence electrons. The minimum Gasteiger partial charge on any atom is -0.462 e. The van der Waals surface area contributed by atoms with Crippen LogP contribution < -0.4 is 0 Å². The lowest BCUT2D eigenvalue weighted by Crippen LogP contribution is -2.60. The summed E-state index contributed by atoms with van der Waals surface area (Å²) in [6, 6.07) is 0. The molecule has 50 heavy (non-hydrogen) atoms. The molecule has 1 rings (SSSR count). The number of hydrogen-bond donors (Lipinski definition) is 4. The Hall–Kier alpha value is -1.83. The van der Waals surface area contributed by atoms with Gasteiger partial charge in [0.15, 0.2) is 12.4 Å². The van der Waals surface area contributed by atoms with Gasteiger partial charge in [0, 0.05) is 12.8 Å². The third kappa shape index (κ3) is 23.6. The number of aliphatic hydroxyl groups excluding tert-OH is 3. The summed E-state index contributed by atoms with van der Waals surface area (Å²) in [5.74, 6) is -2.01. The van der Waals surface area contributed by atoms with Crippen LogP contribution >= 0.6 is 0 Å². The van der Waals surface area contributed by atoms with Crippen molar-refractivity contribution in [2.75, 3.05) is 19.0 Å². The van der Waals surface area contributed by atoms with Crippen LogP contribution in [0, 0.1) is 0 Å². The Bertz CT molecular complexity index is 1060. The quantitative estimate of drug-likeness (QED) is 0.0288. The van der Waals surface area contributed by atoms with Gasteiger partial charge in [-0.05, 0) is 50.7 Å². The van der Waals surface area contributed by atoms with E-state index in [1.165, 1.54) is 44.9 Å². The maximum atomic E-state index is 12.7. The van der Waals surface area contributed by atoms with Crippen LogP contribution in [0.3, 0.4) is 0 Å². The van der Waals surface area contributed by atoms with E-state index in [9.17, 15) is 37.9 Å². The number of hydrogen-bond acceptors (Lipinski definition) is 11. The van der Waals surface area contributed by atoms with Crippen molar-refractivity contribution in [2.24, 2.45) is 0 Å². The summed E-state index contributed by atoms with van der Waals surface area (Å²) in [7, 11) is -4.59. The molecule has 2 unspecified atom stereocenters. The highest BCUT2D eigenvalue weighted by Gasteiger charge is 2.46. The maximum Gasteiger partial charge on any atom is 0.306 e. The number of allylic oxidation sites excluding steroid dienone is 1. The Labute approximate surface area is 300 Å². The lowest BCUT2D eigenvalue weighted by atomic mass is 10.00. The molecule has 0 aromatic carbocycles. The van der Waals surface area contributed by atoms with Gasteiger partial charge in [-0.25, -0.2) is 0 Å². The average molecular weight is 735 g/mol. The average Bonchev–Trinajstić information content (AvgIpc) is 3.07. The predicted molar refractivity (Wildman–Crippen MR) is 191 cm³/mol. The fourth-order valence-electron chi connectivity index (χ4n) is 5.59. The molecular weight excluding hydrogens is 668 g/mol. The van der Waals surface area contributed by atoms with Gasteiger partial charge in [-0.15, -0.1) is 5.73 Å². The van der Waals surface area contributed by atoms with Crippen molar-refractivity contribution in [2.45, 2.75) is 185 Å². The van der Waals surface area contributed by atoms with E-state index in [1.807, 2.05) is 0 Å². The molecule has 1 saturated heterocycles. The van der Waals surface area contributed by atoms with Crippen molar-refractivity contribution < 1.29 is 56.8 Å². The van der Waals surface area contributed by atoms with Gasteiger partial charge in [0.05, 0.1) is 6.61 Å². The number of esters is 2. The van der Waals surface area contributed by atoms with Crippen LogP contribution in [0.5, 0.6) is 0 Å². The topological polar surface area (TPSA) is 186 Å². The summed E-state index contributed by atoms with van der Waals surface area (Å²) in [5.41, 5.74) is 3.27. The molecule has 0 bridgehead atoms. The summed E-state index contributed by atoms with van der Waals surface area (Å²) in [4.78, 5) is 25.1. The minimum atomic E-state index is -4.59. The second-order valence-electron chi connectivity index (χ2n) is 13.3. The minimum absolute atomic E-state index is 0.146. The fourth-order valence-corrected chi connectivity index (χ4v) is 6.28. The summed E-state index contributed by atoms with van der Waals surface area (Å²) in [6.45, 7) is 3.64. The van der Waals surface area contributed by atoms with Crippen molar-refractivity contribution in [1.82, 2.24) is 0 Å². The molecule has 6 atom stereocenters. The van der Waals surface area contributed by atoms with E-state index in [0.29, 0.717) is 12.8 Å². The molecule has 0 aromatic rings. The van der Waals surface area contributed by atoms with E-state index >= 15 is 0 Å². The third-order valence-corrected chi connectivity index (χ3v) is 9.37. The lowest BCUT2D eigenvalue weighted by molar-refractivity contribution is -0.297. The van der Waals surface area contributed by atoms with Crippen molar-refractivity contribution in [3.63, 3.8) is 0 Å². The van der Waals surface area contributed by atoms with Gasteiger partial charge in [0.2, 0.25) is 0 Å². The first-order chi connectivity index (χ1) is 24.0. The van der Waals surface area contributed by atoms with Crippen LogP contribution in [0.25, 0.3) is 0 Å². The normalized spacial score (nSPS) is 21.3. The molecule has 0 spiro atoms. The van der Waals surface area contributed by atoms with E-state index in [4.69, 9.17) is 18.9 Å². The summed E-state index contributed by atoms with van der Waals surface area (Å²) in [6.07, 6.45) is 15.1. The van der Waals surface area contributed by atoms with Gasteiger partial charge in [-0.2, -0.15) is 8.42 Å². The molecule has 13 heteroatoms. The molecule has 0 aromatic heterocycles. The number of unbranched alkanes of at least 4 members (excludes halogenated alkanes) is 16. The van der Waals surface area contributed by atoms with Crippen LogP contribution in [0.1, 0.15) is 149 Å². The number of aliphatic hydroxyl groups is 3. The molecule has 0 amide bonds. The second kappa shape index (κ2) is 28.7. The van der Waals surface area contributed by atoms with Crippen LogP contribution in [0.15, 0.2) is 17.9 Å². The standard InChI is InChI=1S/C37H66O12S/c1-3-5-7-9-11-12-13-14-15-16-17-18-20-22-24-26-33(39)48-30(27-46-32(38)25-23-21-19-10-8-6-4-2)28-47-37-36(42)35(41)34(40)31(49-37)29-50(43,44)45/h13,15,30-31,34-37,40-42H,3-12,16-29H2,1-2H3,(H,43,44,45)/t14?,30-,31-,34-,35?,36?,37+/m1/s1. The van der Waals surface area contributed by atoms with Gasteiger partial charge >= 0.3 is 11.9 Å². The molecule has 0 aliphatic carbocycles. The van der Waals surface area contributed by atoms with E-state index in [0.717, 1.165) is 64.2 Å². The predicted octanol–water partition coefficient (Wildman–Crippen LogP) is 6.10. The van der Waals surface area contributed by atoms with Crippen molar-refractivity contribution in [1.29, 1.82) is 0 Å². The Morgan fingerprint density at radius 3 is 1.74 bits per heavy atom. The Balaban J connectivity index is 2.53. The second-order valence-corrected chi connectivity index (χ2v) is 14.8. The first-order valence-corrected chi connectivity index (χ1v) is 20.6. The number of carbonyl (C=O) groups excluding carboxylic acids is 2. The van der Waals surface area contributed by atoms with Gasteiger partial charge in [0.25, 0.3) is 10.1 Å². The van der Waals surface area contributed by atoms with Gasteiger partial charge in [-0.3, -0.25) is 14.1 Å². The molecule has 12 nitrogen and oxygen atoms in total. The Kier molecular flexibility index (Phi) is 26.5. The van der Waals surface area contributed by atoms with E-state index in [1.54, 1.807) is 0 Å². The highest BCUT2D eigenvalue weighted by molar-refractivity contribution is 7.85. The Morgan fingerprint density at radius 2 is 1.20 bits per heavy atom. The summed E-state index contributed by atoms with van der Waals surface area (Å²) >= 11 is 0. The van der Waals surface area contributed by atoms with Gasteiger partial charge < -0.3 is 34.3 Å². The van der Waals surface area contributed by atoms with Crippen molar-refractivity contribution >= 4 is 22.1 Å². The summed E-state index contributed by atoms with van der Waals surface area (Å²) in [5, 5.41) is 30.7. The largest absolute Gasteiger partial charge is 0.462 e. The van der Waals surface area contributed by atoms with Crippen LogP contribution in [-0.2, 0) is 38.7 Å². The van der Waals surface area contributed by atoms with E-state index < -0.39 is 71.2 Å². The Morgan fingerprint density at radius 1 is 0.700 bits per heavy atom. The molecule has 0 saturated carbocycles. The number of ether oxygens (including phenoxy) is 4. The summed E-state index contributed by atoms with van der Waals surface area (Å²) < 4.78 is 53.6. The highest BCUT2D eigenvalue weighted by atomic mass is 32.2. The molecule has 1 aliphatic rings.